The molecular formula is C21H27ClN2O4S. The van der Waals surface area contributed by atoms with E-state index in [9.17, 15) is 13.2 Å². The minimum absolute atomic E-state index is 0.118. The number of hydrogen-bond acceptors (Lipinski definition) is 4. The van der Waals surface area contributed by atoms with Crippen LogP contribution in [0.2, 0.25) is 5.02 Å². The Hall–Kier alpha value is -2.25. The molecule has 29 heavy (non-hydrogen) atoms. The molecule has 0 aliphatic carbocycles. The van der Waals surface area contributed by atoms with Gasteiger partial charge in [0.1, 0.15) is 11.8 Å². The lowest BCUT2D eigenvalue weighted by Gasteiger charge is -2.30. The molecular weight excluding hydrogens is 412 g/mol. The SMILES string of the molecule is COc1ccc(Cl)cc1N([C@@H](C)C(=O)N[C@H](C)CCc1ccccc1)S(C)(=O)=O. The first-order valence-electron chi connectivity index (χ1n) is 9.30. The summed E-state index contributed by atoms with van der Waals surface area (Å²) in [4.78, 5) is 12.8. The number of aryl methyl sites for hydroxylation is 1. The number of carbonyl (C=O) groups is 1. The minimum atomic E-state index is -3.77. The number of rotatable bonds is 9. The van der Waals surface area contributed by atoms with E-state index in [0.29, 0.717) is 10.8 Å². The zero-order chi connectivity index (χ0) is 21.6. The Balaban J connectivity index is 2.16. The molecule has 0 spiro atoms. The normalized spacial score (nSPS) is 13.4. The Kier molecular flexibility index (Phi) is 7.93. The number of sulfonamides is 1. The monoisotopic (exact) mass is 438 g/mol. The van der Waals surface area contributed by atoms with Crippen LogP contribution in [0, 0.1) is 0 Å². The highest BCUT2D eigenvalue weighted by Crippen LogP contribution is 2.34. The van der Waals surface area contributed by atoms with Crippen molar-refractivity contribution < 1.29 is 17.9 Å². The Morgan fingerprint density at radius 1 is 1.17 bits per heavy atom. The van der Waals surface area contributed by atoms with Gasteiger partial charge in [0.15, 0.2) is 0 Å². The van der Waals surface area contributed by atoms with E-state index in [-0.39, 0.29) is 11.7 Å². The molecule has 0 radical (unpaired) electrons. The predicted molar refractivity (Wildman–Crippen MR) is 117 cm³/mol. The molecule has 0 aliphatic heterocycles. The summed E-state index contributed by atoms with van der Waals surface area (Å²) in [6.45, 7) is 3.44. The number of amides is 1. The van der Waals surface area contributed by atoms with Gasteiger partial charge in [-0.2, -0.15) is 0 Å². The molecule has 0 saturated heterocycles. The largest absolute Gasteiger partial charge is 0.495 e. The fraction of sp³-hybridized carbons (Fsp3) is 0.381. The molecule has 0 fully saturated rings. The van der Waals surface area contributed by atoms with Gasteiger partial charge in [0, 0.05) is 11.1 Å². The molecule has 158 valence electrons. The summed E-state index contributed by atoms with van der Waals surface area (Å²) in [6, 6.07) is 13.5. The van der Waals surface area contributed by atoms with Crippen molar-refractivity contribution in [2.24, 2.45) is 0 Å². The van der Waals surface area contributed by atoms with Gasteiger partial charge in [-0.25, -0.2) is 8.42 Å². The molecule has 0 aromatic heterocycles. The third-order valence-electron chi connectivity index (χ3n) is 4.56. The molecule has 1 amide bonds. The smallest absolute Gasteiger partial charge is 0.243 e. The van der Waals surface area contributed by atoms with E-state index >= 15 is 0 Å². The average Bonchev–Trinajstić information content (AvgIpc) is 2.66. The van der Waals surface area contributed by atoms with Crippen LogP contribution in [0.5, 0.6) is 5.75 Å². The molecule has 0 aliphatic rings. The maximum Gasteiger partial charge on any atom is 0.243 e. The van der Waals surface area contributed by atoms with Gasteiger partial charge in [-0.1, -0.05) is 41.9 Å². The lowest BCUT2D eigenvalue weighted by Crippen LogP contribution is -2.50. The third kappa shape index (κ3) is 6.37. The molecule has 6 nitrogen and oxygen atoms in total. The van der Waals surface area contributed by atoms with Gasteiger partial charge < -0.3 is 10.1 Å². The summed E-state index contributed by atoms with van der Waals surface area (Å²) in [5.74, 6) is -0.0744. The highest BCUT2D eigenvalue weighted by Gasteiger charge is 2.31. The van der Waals surface area contributed by atoms with Gasteiger partial charge >= 0.3 is 0 Å². The van der Waals surface area contributed by atoms with Crippen LogP contribution >= 0.6 is 11.6 Å². The van der Waals surface area contributed by atoms with Gasteiger partial charge in [-0.3, -0.25) is 9.10 Å². The number of nitrogens with zero attached hydrogens (tertiary/aromatic N) is 1. The van der Waals surface area contributed by atoms with Crippen molar-refractivity contribution in [2.45, 2.75) is 38.8 Å². The number of nitrogens with one attached hydrogen (secondary N) is 1. The Morgan fingerprint density at radius 3 is 2.41 bits per heavy atom. The van der Waals surface area contributed by atoms with Crippen LogP contribution in [0.15, 0.2) is 48.5 Å². The third-order valence-corrected chi connectivity index (χ3v) is 6.03. The number of hydrogen-bond donors (Lipinski definition) is 1. The molecule has 8 heteroatoms. The number of benzene rings is 2. The van der Waals surface area contributed by atoms with E-state index in [4.69, 9.17) is 16.3 Å². The number of carbonyl (C=O) groups excluding carboxylic acids is 1. The van der Waals surface area contributed by atoms with E-state index in [1.54, 1.807) is 19.1 Å². The van der Waals surface area contributed by atoms with Gasteiger partial charge in [0.25, 0.3) is 0 Å². The molecule has 0 bridgehead atoms. The summed E-state index contributed by atoms with van der Waals surface area (Å²) < 4.78 is 31.3. The molecule has 0 heterocycles. The second-order valence-electron chi connectivity index (χ2n) is 6.98. The predicted octanol–water partition coefficient (Wildman–Crippen LogP) is 3.64. The second-order valence-corrected chi connectivity index (χ2v) is 9.28. The van der Waals surface area contributed by atoms with Crippen LogP contribution in [-0.4, -0.2) is 39.8 Å². The van der Waals surface area contributed by atoms with Crippen molar-refractivity contribution in [3.8, 4) is 5.75 Å². The molecule has 0 unspecified atom stereocenters. The number of ether oxygens (including phenoxy) is 1. The molecule has 0 saturated carbocycles. The van der Waals surface area contributed by atoms with Gasteiger partial charge in [-0.05, 0) is 50.5 Å². The van der Waals surface area contributed by atoms with E-state index in [0.717, 1.165) is 23.4 Å². The standard InChI is InChI=1S/C21H27ClN2O4S/c1-15(10-11-17-8-6-5-7-9-17)23-21(25)16(2)24(29(4,26)27)19-14-18(22)12-13-20(19)28-3/h5-9,12-16H,10-11H2,1-4H3,(H,23,25)/t15-,16+/m1/s1. The van der Waals surface area contributed by atoms with Crippen LogP contribution in [0.1, 0.15) is 25.8 Å². The van der Waals surface area contributed by atoms with Crippen molar-refractivity contribution >= 4 is 33.2 Å². The van der Waals surface area contributed by atoms with E-state index < -0.39 is 22.0 Å². The van der Waals surface area contributed by atoms with Crippen molar-refractivity contribution in [2.75, 3.05) is 17.7 Å². The first-order chi connectivity index (χ1) is 13.6. The fourth-order valence-corrected chi connectivity index (χ4v) is 4.42. The van der Waals surface area contributed by atoms with Crippen molar-refractivity contribution in [1.82, 2.24) is 5.32 Å². The van der Waals surface area contributed by atoms with Crippen molar-refractivity contribution in [3.63, 3.8) is 0 Å². The van der Waals surface area contributed by atoms with Gasteiger partial charge in [0.2, 0.25) is 15.9 Å². The maximum atomic E-state index is 12.8. The minimum Gasteiger partial charge on any atom is -0.495 e. The first kappa shape index (κ1) is 23.0. The lowest BCUT2D eigenvalue weighted by molar-refractivity contribution is -0.122. The lowest BCUT2D eigenvalue weighted by atomic mass is 10.1. The molecule has 2 aromatic rings. The van der Waals surface area contributed by atoms with E-state index in [1.807, 2.05) is 37.3 Å². The molecule has 1 N–H and O–H groups in total. The summed E-state index contributed by atoms with van der Waals surface area (Å²) in [5, 5.41) is 3.25. The van der Waals surface area contributed by atoms with Crippen LogP contribution in [0.4, 0.5) is 5.69 Å². The highest BCUT2D eigenvalue weighted by molar-refractivity contribution is 7.92. The van der Waals surface area contributed by atoms with Crippen LogP contribution < -0.4 is 14.4 Å². The van der Waals surface area contributed by atoms with Crippen molar-refractivity contribution in [1.29, 1.82) is 0 Å². The summed E-state index contributed by atoms with van der Waals surface area (Å²) in [7, 11) is -2.33. The molecule has 2 aromatic carbocycles. The van der Waals surface area contributed by atoms with Crippen LogP contribution in [0.25, 0.3) is 0 Å². The van der Waals surface area contributed by atoms with Crippen LogP contribution in [-0.2, 0) is 21.2 Å². The number of halogens is 1. The number of methoxy groups -OCH3 is 1. The Morgan fingerprint density at radius 2 is 1.83 bits per heavy atom. The highest BCUT2D eigenvalue weighted by atomic mass is 35.5. The van der Waals surface area contributed by atoms with Gasteiger partial charge in [-0.15, -0.1) is 0 Å². The molecule has 2 atom stereocenters. The quantitative estimate of drug-likeness (QED) is 0.648. The van der Waals surface area contributed by atoms with E-state index in [2.05, 4.69) is 5.32 Å². The van der Waals surface area contributed by atoms with Gasteiger partial charge in [0.05, 0.1) is 19.1 Å². The first-order valence-corrected chi connectivity index (χ1v) is 11.5. The topological polar surface area (TPSA) is 75.7 Å². The zero-order valence-corrected chi connectivity index (χ0v) is 18.6. The zero-order valence-electron chi connectivity index (χ0n) is 17.1. The average molecular weight is 439 g/mol. The summed E-state index contributed by atoms with van der Waals surface area (Å²) >= 11 is 6.06. The Bertz CT molecular complexity index is 935. The number of anilines is 1. The molecule has 2 rings (SSSR count). The van der Waals surface area contributed by atoms with Crippen molar-refractivity contribution in [3.05, 3.63) is 59.1 Å². The summed E-state index contributed by atoms with van der Waals surface area (Å²) in [5.41, 5.74) is 1.41. The van der Waals surface area contributed by atoms with E-state index in [1.165, 1.54) is 18.7 Å². The second kappa shape index (κ2) is 9.98. The fourth-order valence-electron chi connectivity index (χ4n) is 3.08. The Labute approximate surface area is 177 Å². The summed E-state index contributed by atoms with van der Waals surface area (Å²) in [6.07, 6.45) is 2.60. The maximum absolute atomic E-state index is 12.8. The van der Waals surface area contributed by atoms with Crippen LogP contribution in [0.3, 0.4) is 0 Å².